The van der Waals surface area contributed by atoms with E-state index in [1.807, 2.05) is 25.1 Å². The van der Waals surface area contributed by atoms with Crippen LogP contribution in [0.25, 0.3) is 0 Å². The third kappa shape index (κ3) is 7.77. The van der Waals surface area contributed by atoms with E-state index < -0.39 is 32.6 Å². The number of carbonyl (C=O) groups excluding carboxylic acids is 1. The van der Waals surface area contributed by atoms with Crippen molar-refractivity contribution >= 4 is 26.7 Å². The second-order valence-electron chi connectivity index (χ2n) is 5.23. The van der Waals surface area contributed by atoms with Gasteiger partial charge < -0.3 is 4.84 Å². The third-order valence-electron chi connectivity index (χ3n) is 3.29. The van der Waals surface area contributed by atoms with Crippen molar-refractivity contribution in [3.8, 4) is 0 Å². The Morgan fingerprint density at radius 2 is 1.54 bits per heavy atom. The molecule has 0 fully saturated rings. The van der Waals surface area contributed by atoms with Gasteiger partial charge in [-0.05, 0) is 29.0 Å². The summed E-state index contributed by atoms with van der Waals surface area (Å²) in [4.78, 5) is 18.0. The maximum absolute atomic E-state index is 11.5. The van der Waals surface area contributed by atoms with Crippen LogP contribution in [0, 0.1) is 0 Å². The Balaban J connectivity index is 0.000000289. The molecule has 0 radical (unpaired) electrons. The van der Waals surface area contributed by atoms with Crippen LogP contribution in [-0.2, 0) is 30.4 Å². The summed E-state index contributed by atoms with van der Waals surface area (Å²) in [5.41, 5.74) is 0.804. The number of rotatable bonds is 6. The number of sulfone groups is 1. The minimum absolute atomic E-state index is 0.370. The van der Waals surface area contributed by atoms with E-state index in [9.17, 15) is 21.6 Å². The minimum atomic E-state index is -3.00. The smallest absolute Gasteiger partial charge is 0.333 e. The quantitative estimate of drug-likeness (QED) is 0.567. The van der Waals surface area contributed by atoms with Crippen molar-refractivity contribution in [3.05, 3.63) is 66.2 Å². The molecule has 2 aromatic rings. The van der Waals surface area contributed by atoms with Crippen LogP contribution in [-0.4, -0.2) is 29.1 Å². The highest BCUT2D eigenvalue weighted by molar-refractivity contribution is 7.90. The summed E-state index contributed by atoms with van der Waals surface area (Å²) in [6.07, 6.45) is 1.74. The van der Waals surface area contributed by atoms with Gasteiger partial charge in [-0.2, -0.15) is 0 Å². The maximum Gasteiger partial charge on any atom is 0.333 e. The Kier molecular flexibility index (Phi) is 8.97. The normalized spacial score (nSPS) is 12.0. The van der Waals surface area contributed by atoms with Crippen LogP contribution in [0.1, 0.15) is 24.8 Å². The van der Waals surface area contributed by atoms with Crippen molar-refractivity contribution in [3.63, 3.8) is 0 Å². The lowest BCUT2D eigenvalue weighted by molar-refractivity contribution is -0.149. The van der Waals surface area contributed by atoms with Crippen LogP contribution in [0.4, 0.5) is 0 Å². The van der Waals surface area contributed by atoms with Crippen molar-refractivity contribution in [1.29, 1.82) is 0 Å². The van der Waals surface area contributed by atoms with Crippen LogP contribution < -0.4 is 4.89 Å². The number of benzene rings is 2. The first-order valence-corrected chi connectivity index (χ1v) is 10.7. The molecule has 2 rings (SSSR count). The van der Waals surface area contributed by atoms with Gasteiger partial charge in [-0.15, -0.1) is 0 Å². The highest BCUT2D eigenvalue weighted by Gasteiger charge is 2.20. The second kappa shape index (κ2) is 10.7. The highest BCUT2D eigenvalue weighted by Crippen LogP contribution is 2.20. The van der Waals surface area contributed by atoms with E-state index in [4.69, 9.17) is 0 Å². The molecule has 7 nitrogen and oxygen atoms in total. The summed E-state index contributed by atoms with van der Waals surface area (Å²) >= 11 is 0. The van der Waals surface area contributed by atoms with Gasteiger partial charge in [0.2, 0.25) is 10.9 Å². The van der Waals surface area contributed by atoms with Crippen LogP contribution >= 0.6 is 0 Å². The molecule has 0 saturated carbocycles. The molecule has 0 heterocycles. The molecule has 1 atom stereocenters. The molecule has 0 aliphatic rings. The van der Waals surface area contributed by atoms with Gasteiger partial charge in [-0.25, -0.2) is 21.6 Å². The molecule has 142 valence electrons. The van der Waals surface area contributed by atoms with E-state index >= 15 is 0 Å². The number of nitrogens with one attached hydrogen (secondary N) is 1. The first-order chi connectivity index (χ1) is 12.3. The fraction of sp³-hybridized carbons (Fsp3) is 0.235. The molecule has 9 heteroatoms. The lowest BCUT2D eigenvalue weighted by atomic mass is 9.97. The van der Waals surface area contributed by atoms with Crippen molar-refractivity contribution in [2.45, 2.75) is 24.2 Å². The third-order valence-corrected chi connectivity index (χ3v) is 4.66. The van der Waals surface area contributed by atoms with Gasteiger partial charge in [0.25, 0.3) is 0 Å². The maximum atomic E-state index is 11.5. The Labute approximate surface area is 155 Å². The average Bonchev–Trinajstić information content (AvgIpc) is 2.62. The van der Waals surface area contributed by atoms with Gasteiger partial charge in [-0.1, -0.05) is 55.5 Å². The number of hydrogen-bond acceptors (Lipinski definition) is 6. The molecule has 26 heavy (non-hydrogen) atoms. The van der Waals surface area contributed by atoms with Gasteiger partial charge in [0.1, 0.15) is 0 Å². The van der Waals surface area contributed by atoms with E-state index in [1.165, 1.54) is 6.26 Å². The largest absolute Gasteiger partial charge is 0.355 e. The molecule has 0 bridgehead atoms. The predicted octanol–water partition coefficient (Wildman–Crippen LogP) is 1.84. The van der Waals surface area contributed by atoms with Gasteiger partial charge in [0.05, 0.1) is 10.8 Å². The zero-order valence-corrected chi connectivity index (χ0v) is 16.1. The first kappa shape index (κ1) is 21.8. The molecule has 0 aromatic heterocycles. The van der Waals surface area contributed by atoms with E-state index in [1.54, 1.807) is 47.3 Å². The van der Waals surface area contributed by atoms with Gasteiger partial charge in [0, 0.05) is 6.26 Å². The lowest BCUT2D eigenvalue weighted by Crippen LogP contribution is -2.23. The van der Waals surface area contributed by atoms with Crippen molar-refractivity contribution in [1.82, 2.24) is 4.89 Å². The second-order valence-corrected chi connectivity index (χ2v) is 7.94. The van der Waals surface area contributed by atoms with E-state index in [0.717, 1.165) is 5.56 Å². The summed E-state index contributed by atoms with van der Waals surface area (Å²) < 4.78 is 42.1. The van der Waals surface area contributed by atoms with Crippen LogP contribution in [0.3, 0.4) is 0 Å². The number of thiol groups is 1. The Morgan fingerprint density at radius 1 is 1.04 bits per heavy atom. The highest BCUT2D eigenvalue weighted by atomic mass is 32.2. The van der Waals surface area contributed by atoms with Crippen LogP contribution in [0.2, 0.25) is 0 Å². The molecule has 1 unspecified atom stereocenters. The first-order valence-electron chi connectivity index (χ1n) is 7.66. The number of carbonyl (C=O) groups is 1. The molecule has 0 spiro atoms. The van der Waals surface area contributed by atoms with Gasteiger partial charge in [-0.3, -0.25) is 0 Å². The molecule has 0 saturated heterocycles. The van der Waals surface area contributed by atoms with E-state index in [0.29, 0.717) is 11.3 Å². The zero-order valence-electron chi connectivity index (χ0n) is 14.4. The van der Waals surface area contributed by atoms with Crippen LogP contribution in [0.15, 0.2) is 65.6 Å². The standard InChI is InChI=1S/C10H13NO4S.C7H8O2S/c1-2-9(8-6-4-3-5-7-8)10(12)15-11-16(13)14;1-10(8,9)7-5-3-2-4-6-7/h3-7,9,16H,2H2,1H3,(H,11,13,14);2-6H,1H3. The van der Waals surface area contributed by atoms with Crippen LogP contribution in [0.5, 0.6) is 0 Å². The van der Waals surface area contributed by atoms with E-state index in [2.05, 4.69) is 4.84 Å². The topological polar surface area (TPSA) is 107 Å². The molecule has 0 aliphatic carbocycles. The fourth-order valence-corrected chi connectivity index (χ4v) is 2.86. The monoisotopic (exact) mass is 399 g/mol. The summed E-state index contributed by atoms with van der Waals surface area (Å²) in [7, 11) is -5.93. The Hall–Kier alpha value is -2.23. The number of hydrogen-bond donors (Lipinski definition) is 2. The summed E-state index contributed by atoms with van der Waals surface area (Å²) in [6, 6.07) is 17.4. The SMILES string of the molecule is CCC(C(=O)ON[SH](=O)=O)c1ccccc1.CS(=O)(=O)c1ccccc1. The Bertz CT molecular complexity index is 857. The minimum Gasteiger partial charge on any atom is -0.355 e. The predicted molar refractivity (Wildman–Crippen MR) is 98.6 cm³/mol. The van der Waals surface area contributed by atoms with Crippen molar-refractivity contribution in [2.75, 3.05) is 6.26 Å². The molecule has 1 N–H and O–H groups in total. The van der Waals surface area contributed by atoms with Gasteiger partial charge >= 0.3 is 5.97 Å². The average molecular weight is 399 g/mol. The summed E-state index contributed by atoms with van der Waals surface area (Å²) in [5, 5.41) is 0. The van der Waals surface area contributed by atoms with Gasteiger partial charge in [0.15, 0.2) is 9.84 Å². The molecule has 2 aromatic carbocycles. The zero-order chi connectivity index (χ0) is 19.6. The summed E-state index contributed by atoms with van der Waals surface area (Å²) in [6.45, 7) is 1.83. The molecular formula is C17H21NO6S2. The summed E-state index contributed by atoms with van der Waals surface area (Å²) in [5.74, 6) is -1.06. The van der Waals surface area contributed by atoms with E-state index in [-0.39, 0.29) is 0 Å². The van der Waals surface area contributed by atoms with Crippen molar-refractivity contribution < 1.29 is 26.5 Å². The molecule has 0 amide bonds. The van der Waals surface area contributed by atoms with Crippen molar-refractivity contribution in [2.24, 2.45) is 0 Å². The lowest BCUT2D eigenvalue weighted by Gasteiger charge is -2.12. The molecular weight excluding hydrogens is 378 g/mol. The Morgan fingerprint density at radius 3 is 1.92 bits per heavy atom. The fourth-order valence-electron chi connectivity index (χ4n) is 2.04. The molecule has 0 aliphatic heterocycles.